The number of aromatic nitrogens is 5. The predicted molar refractivity (Wildman–Crippen MR) is 103 cm³/mol. The zero-order valence-corrected chi connectivity index (χ0v) is 16.7. The fourth-order valence-electron chi connectivity index (χ4n) is 3.39. The minimum atomic E-state index is -1.24. The van der Waals surface area contributed by atoms with Gasteiger partial charge in [0.2, 0.25) is 5.95 Å². The van der Waals surface area contributed by atoms with Crippen LogP contribution in [-0.2, 0) is 10.8 Å². The minimum Gasteiger partial charge on any atom is -0.288 e. The molecule has 0 saturated heterocycles. The van der Waals surface area contributed by atoms with Gasteiger partial charge in [-0.2, -0.15) is 9.49 Å². The van der Waals surface area contributed by atoms with Gasteiger partial charge in [-0.05, 0) is 49.9 Å². The van der Waals surface area contributed by atoms with E-state index in [0.29, 0.717) is 22.2 Å². The molecular formula is C19H20FN5OS. The van der Waals surface area contributed by atoms with Crippen LogP contribution in [-0.4, -0.2) is 34.1 Å². The average molecular weight is 385 g/mol. The Hall–Kier alpha value is -2.61. The molecule has 4 aromatic rings. The maximum atomic E-state index is 13.4. The third-order valence-corrected chi connectivity index (χ3v) is 6.59. The van der Waals surface area contributed by atoms with Crippen LogP contribution in [0.3, 0.4) is 0 Å². The highest BCUT2D eigenvalue weighted by atomic mass is 32.2. The van der Waals surface area contributed by atoms with Gasteiger partial charge in [-0.1, -0.05) is 6.92 Å². The van der Waals surface area contributed by atoms with E-state index in [0.717, 1.165) is 22.0 Å². The number of nitrogens with zero attached hydrogens (tertiary/aromatic N) is 5. The fraction of sp³-hybridized carbons (Fsp3) is 0.316. The Morgan fingerprint density at radius 3 is 2.52 bits per heavy atom. The summed E-state index contributed by atoms with van der Waals surface area (Å²) in [7, 11) is -1.24. The first-order valence-corrected chi connectivity index (χ1v) is 10.0. The maximum absolute atomic E-state index is 13.4. The molecule has 0 radical (unpaired) electrons. The van der Waals surface area contributed by atoms with Gasteiger partial charge in [0.1, 0.15) is 17.0 Å². The molecule has 0 fully saturated rings. The largest absolute Gasteiger partial charge is 0.288 e. The van der Waals surface area contributed by atoms with Crippen LogP contribution in [0.25, 0.3) is 22.4 Å². The molecule has 0 amide bonds. The van der Waals surface area contributed by atoms with Crippen molar-refractivity contribution in [3.8, 4) is 5.82 Å². The molecular weight excluding hydrogens is 365 g/mol. The lowest BCUT2D eigenvalue weighted by Gasteiger charge is -2.10. The SMILES string of the molecule is CCS(=O)c1c2c(C)c(C)c(C)c(C)c2nn1-c1cn2cnc(F)cc2n1. The molecule has 0 spiro atoms. The molecule has 3 heterocycles. The van der Waals surface area contributed by atoms with Crippen molar-refractivity contribution in [3.05, 3.63) is 46.8 Å². The number of hydrogen-bond donors (Lipinski definition) is 0. The second-order valence-corrected chi connectivity index (χ2v) is 8.31. The zero-order valence-electron chi connectivity index (χ0n) is 15.9. The van der Waals surface area contributed by atoms with E-state index in [1.165, 1.54) is 23.5 Å². The molecule has 6 nitrogen and oxygen atoms in total. The van der Waals surface area contributed by atoms with Crippen molar-refractivity contribution in [2.24, 2.45) is 0 Å². The summed E-state index contributed by atoms with van der Waals surface area (Å²) >= 11 is 0. The molecule has 0 aliphatic rings. The standard InChI is InChI=1S/C19H20FN5OS/c1-6-27(26)19-17-12(4)10(2)11(3)13(5)18(17)23-25(19)16-8-24-9-21-14(20)7-15(24)22-16/h7-9H,6H2,1-5H3. The van der Waals surface area contributed by atoms with E-state index >= 15 is 0 Å². The van der Waals surface area contributed by atoms with Crippen LogP contribution in [0.4, 0.5) is 4.39 Å². The summed E-state index contributed by atoms with van der Waals surface area (Å²) in [5.41, 5.74) is 5.75. The molecule has 1 atom stereocenters. The summed E-state index contributed by atoms with van der Waals surface area (Å²) in [5.74, 6) is 0.362. The highest BCUT2D eigenvalue weighted by Crippen LogP contribution is 2.34. The van der Waals surface area contributed by atoms with Gasteiger partial charge in [0.25, 0.3) is 0 Å². The normalized spacial score (nSPS) is 13.0. The second-order valence-electron chi connectivity index (χ2n) is 6.65. The first kappa shape index (κ1) is 17.8. The molecule has 0 N–H and O–H groups in total. The molecule has 1 aromatic carbocycles. The summed E-state index contributed by atoms with van der Waals surface area (Å²) in [6.45, 7) is 10.1. The first-order valence-electron chi connectivity index (χ1n) is 8.71. The van der Waals surface area contributed by atoms with Crippen LogP contribution in [0.2, 0.25) is 0 Å². The van der Waals surface area contributed by atoms with Crippen LogP contribution in [0, 0.1) is 33.6 Å². The fourth-order valence-corrected chi connectivity index (χ4v) is 4.47. The van der Waals surface area contributed by atoms with Crippen molar-refractivity contribution in [2.45, 2.75) is 39.6 Å². The Kier molecular flexibility index (Phi) is 4.10. The monoisotopic (exact) mass is 385 g/mol. The molecule has 0 saturated carbocycles. The topological polar surface area (TPSA) is 65.1 Å². The van der Waals surface area contributed by atoms with Crippen molar-refractivity contribution >= 4 is 27.3 Å². The quantitative estimate of drug-likeness (QED) is 0.506. The number of rotatable bonds is 3. The van der Waals surface area contributed by atoms with Crippen molar-refractivity contribution < 1.29 is 8.60 Å². The third-order valence-electron chi connectivity index (χ3n) is 5.26. The van der Waals surface area contributed by atoms with Crippen molar-refractivity contribution in [3.63, 3.8) is 0 Å². The average Bonchev–Trinajstić information content (AvgIpc) is 3.25. The second kappa shape index (κ2) is 6.23. The molecule has 0 bridgehead atoms. The van der Waals surface area contributed by atoms with Crippen molar-refractivity contribution in [1.29, 1.82) is 0 Å². The summed E-state index contributed by atoms with van der Waals surface area (Å²) < 4.78 is 29.6. The number of benzene rings is 1. The van der Waals surface area contributed by atoms with Crippen LogP contribution in [0.15, 0.2) is 23.6 Å². The Morgan fingerprint density at radius 2 is 1.81 bits per heavy atom. The smallest absolute Gasteiger partial charge is 0.217 e. The van der Waals surface area contributed by atoms with Gasteiger partial charge in [-0.3, -0.25) is 8.61 Å². The number of aryl methyl sites for hydroxylation is 2. The summed E-state index contributed by atoms with van der Waals surface area (Å²) in [6.07, 6.45) is 3.08. The van der Waals surface area contributed by atoms with Gasteiger partial charge >= 0.3 is 0 Å². The van der Waals surface area contributed by atoms with Crippen LogP contribution >= 0.6 is 0 Å². The Balaban J connectivity index is 2.11. The van der Waals surface area contributed by atoms with E-state index < -0.39 is 16.7 Å². The first-order chi connectivity index (χ1) is 12.8. The van der Waals surface area contributed by atoms with Gasteiger partial charge in [-0.25, -0.2) is 14.6 Å². The molecule has 27 heavy (non-hydrogen) atoms. The van der Waals surface area contributed by atoms with Crippen LogP contribution in [0.5, 0.6) is 0 Å². The van der Waals surface area contributed by atoms with Gasteiger partial charge in [0, 0.05) is 17.2 Å². The molecule has 140 valence electrons. The summed E-state index contributed by atoms with van der Waals surface area (Å²) in [5, 5.41) is 6.31. The number of imidazole rings is 1. The lowest BCUT2D eigenvalue weighted by molar-refractivity contribution is 0.580. The maximum Gasteiger partial charge on any atom is 0.217 e. The number of halogens is 1. The highest BCUT2D eigenvalue weighted by molar-refractivity contribution is 7.85. The zero-order chi connectivity index (χ0) is 19.5. The van der Waals surface area contributed by atoms with E-state index in [1.807, 2.05) is 20.8 Å². The summed E-state index contributed by atoms with van der Waals surface area (Å²) in [4.78, 5) is 8.12. The van der Waals surface area contributed by atoms with Gasteiger partial charge in [-0.15, -0.1) is 0 Å². The van der Waals surface area contributed by atoms with E-state index in [1.54, 1.807) is 15.3 Å². The van der Waals surface area contributed by atoms with Gasteiger partial charge < -0.3 is 0 Å². The Labute approximate surface area is 158 Å². The van der Waals surface area contributed by atoms with Crippen LogP contribution < -0.4 is 0 Å². The molecule has 3 aromatic heterocycles. The minimum absolute atomic E-state index is 0.422. The van der Waals surface area contributed by atoms with Gasteiger partial charge in [0.15, 0.2) is 5.82 Å². The number of hydrogen-bond acceptors (Lipinski definition) is 4. The highest BCUT2D eigenvalue weighted by Gasteiger charge is 2.24. The lowest BCUT2D eigenvalue weighted by atomic mass is 9.96. The van der Waals surface area contributed by atoms with E-state index in [-0.39, 0.29) is 0 Å². The third kappa shape index (κ3) is 2.58. The summed E-state index contributed by atoms with van der Waals surface area (Å²) in [6, 6.07) is 1.26. The Bertz CT molecular complexity index is 1240. The molecule has 0 aliphatic carbocycles. The predicted octanol–water partition coefficient (Wildman–Crippen LogP) is 3.57. The van der Waals surface area contributed by atoms with Crippen LogP contribution in [0.1, 0.15) is 29.2 Å². The molecule has 8 heteroatoms. The van der Waals surface area contributed by atoms with E-state index in [4.69, 9.17) is 5.10 Å². The molecule has 4 rings (SSSR count). The molecule has 1 unspecified atom stereocenters. The van der Waals surface area contributed by atoms with Crippen molar-refractivity contribution in [2.75, 3.05) is 5.75 Å². The number of fused-ring (bicyclic) bond motifs is 2. The molecule has 0 aliphatic heterocycles. The van der Waals surface area contributed by atoms with E-state index in [2.05, 4.69) is 23.8 Å². The lowest BCUT2D eigenvalue weighted by Crippen LogP contribution is -2.06. The van der Waals surface area contributed by atoms with Gasteiger partial charge in [0.05, 0.1) is 22.5 Å². The van der Waals surface area contributed by atoms with Crippen molar-refractivity contribution in [1.82, 2.24) is 24.1 Å². The van der Waals surface area contributed by atoms with E-state index in [9.17, 15) is 8.60 Å². The Morgan fingerprint density at radius 1 is 1.11 bits per heavy atom.